The molecule has 0 saturated heterocycles. The van der Waals surface area contributed by atoms with E-state index in [2.05, 4.69) is 10.0 Å². The molecule has 0 saturated carbocycles. The lowest BCUT2D eigenvalue weighted by molar-refractivity contribution is 0.300. The lowest BCUT2D eigenvalue weighted by atomic mass is 10.2. The van der Waals surface area contributed by atoms with Gasteiger partial charge in [-0.15, -0.1) is 0 Å². The van der Waals surface area contributed by atoms with Crippen LogP contribution in [0.5, 0.6) is 5.75 Å². The van der Waals surface area contributed by atoms with E-state index in [1.54, 1.807) is 6.20 Å². The van der Waals surface area contributed by atoms with E-state index < -0.39 is 0 Å². The first-order chi connectivity index (χ1) is 12.8. The molecule has 0 unspecified atom stereocenters. The molecule has 1 heterocycles. The highest BCUT2D eigenvalue weighted by Gasteiger charge is 2.08. The summed E-state index contributed by atoms with van der Waals surface area (Å²) >= 11 is 0. The molecule has 0 aliphatic rings. The van der Waals surface area contributed by atoms with Crippen LogP contribution in [0.2, 0.25) is 0 Å². The third-order valence-electron chi connectivity index (χ3n) is 3.91. The van der Waals surface area contributed by atoms with Gasteiger partial charge in [0, 0.05) is 23.2 Å². The van der Waals surface area contributed by atoms with Gasteiger partial charge in [0.2, 0.25) is 5.43 Å². The first kappa shape index (κ1) is 17.3. The molecule has 0 aliphatic carbocycles. The van der Waals surface area contributed by atoms with Gasteiger partial charge in [-0.3, -0.25) is 4.79 Å². The maximum absolute atomic E-state index is 12.4. The number of benzene rings is 2. The van der Waals surface area contributed by atoms with Crippen molar-refractivity contribution in [3.8, 4) is 5.75 Å². The van der Waals surface area contributed by atoms with Crippen molar-refractivity contribution in [2.75, 3.05) is 0 Å². The standard InChI is InChI=1S/C20H18N4O2/c21-23-22-12-18-11-19(25)20(26-15-17-9-5-2-6-10-17)14-24(18)13-16-7-3-1-4-8-16/h1-11,14H,12-13,15H2. The molecular formula is C20H18N4O2. The van der Waals surface area contributed by atoms with Crippen LogP contribution in [-0.4, -0.2) is 4.57 Å². The third kappa shape index (κ3) is 4.53. The van der Waals surface area contributed by atoms with Gasteiger partial charge in [0.1, 0.15) is 6.61 Å². The molecule has 6 heteroatoms. The topological polar surface area (TPSA) is 80.0 Å². The second kappa shape index (κ2) is 8.55. The fourth-order valence-electron chi connectivity index (χ4n) is 2.60. The van der Waals surface area contributed by atoms with E-state index in [1.165, 1.54) is 6.07 Å². The maximum Gasteiger partial charge on any atom is 0.223 e. The normalized spacial score (nSPS) is 10.2. The number of nitrogens with zero attached hydrogens (tertiary/aromatic N) is 4. The molecule has 0 fully saturated rings. The van der Waals surface area contributed by atoms with Crippen molar-refractivity contribution in [2.45, 2.75) is 19.7 Å². The number of azide groups is 1. The molecule has 0 amide bonds. The summed E-state index contributed by atoms with van der Waals surface area (Å²) < 4.78 is 7.60. The van der Waals surface area contributed by atoms with Gasteiger partial charge in [0.15, 0.2) is 5.75 Å². The van der Waals surface area contributed by atoms with Crippen molar-refractivity contribution in [2.24, 2.45) is 5.11 Å². The van der Waals surface area contributed by atoms with E-state index in [-0.39, 0.29) is 17.7 Å². The SMILES string of the molecule is [N-]=[N+]=NCc1cc(=O)c(OCc2ccccc2)cn1Cc1ccccc1. The Morgan fingerprint density at radius 1 is 1.00 bits per heavy atom. The molecule has 0 aliphatic heterocycles. The zero-order valence-electron chi connectivity index (χ0n) is 14.2. The zero-order valence-corrected chi connectivity index (χ0v) is 14.2. The van der Waals surface area contributed by atoms with Gasteiger partial charge in [-0.1, -0.05) is 65.8 Å². The van der Waals surface area contributed by atoms with Crippen LogP contribution in [0.3, 0.4) is 0 Å². The lowest BCUT2D eigenvalue weighted by Crippen LogP contribution is -2.16. The van der Waals surface area contributed by atoms with E-state index in [0.717, 1.165) is 11.1 Å². The lowest BCUT2D eigenvalue weighted by Gasteiger charge is -2.15. The predicted octanol–water partition coefficient (Wildman–Crippen LogP) is 4.29. The number of pyridine rings is 1. The van der Waals surface area contributed by atoms with E-state index >= 15 is 0 Å². The molecule has 26 heavy (non-hydrogen) atoms. The number of hydrogen-bond donors (Lipinski definition) is 0. The van der Waals surface area contributed by atoms with E-state index in [9.17, 15) is 4.79 Å². The summed E-state index contributed by atoms with van der Waals surface area (Å²) in [7, 11) is 0. The second-order valence-corrected chi connectivity index (χ2v) is 5.77. The minimum absolute atomic E-state index is 0.109. The molecule has 130 valence electrons. The molecule has 0 bridgehead atoms. The summed E-state index contributed by atoms with van der Waals surface area (Å²) in [5.74, 6) is 0.273. The smallest absolute Gasteiger partial charge is 0.223 e. The van der Waals surface area contributed by atoms with Gasteiger partial charge in [-0.2, -0.15) is 0 Å². The molecule has 1 aromatic heterocycles. The molecule has 0 radical (unpaired) electrons. The van der Waals surface area contributed by atoms with Crippen molar-refractivity contribution < 1.29 is 4.74 Å². The molecule has 0 spiro atoms. The van der Waals surface area contributed by atoms with Gasteiger partial charge < -0.3 is 9.30 Å². The number of hydrogen-bond acceptors (Lipinski definition) is 3. The predicted molar refractivity (Wildman–Crippen MR) is 99.9 cm³/mol. The molecule has 6 nitrogen and oxygen atoms in total. The summed E-state index contributed by atoms with van der Waals surface area (Å²) in [5, 5.41) is 3.59. The van der Waals surface area contributed by atoms with Crippen molar-refractivity contribution in [3.63, 3.8) is 0 Å². The monoisotopic (exact) mass is 346 g/mol. The highest BCUT2D eigenvalue weighted by molar-refractivity contribution is 5.25. The van der Waals surface area contributed by atoms with Gasteiger partial charge in [0.05, 0.1) is 12.7 Å². The largest absolute Gasteiger partial charge is 0.483 e. The average Bonchev–Trinajstić information content (AvgIpc) is 2.68. The van der Waals surface area contributed by atoms with Gasteiger partial charge >= 0.3 is 0 Å². The number of aromatic nitrogens is 1. The Morgan fingerprint density at radius 2 is 1.65 bits per heavy atom. The van der Waals surface area contributed by atoms with Crippen molar-refractivity contribution in [1.29, 1.82) is 0 Å². The van der Waals surface area contributed by atoms with Crippen LogP contribution in [0.1, 0.15) is 16.8 Å². The van der Waals surface area contributed by atoms with Crippen LogP contribution in [-0.2, 0) is 19.7 Å². The van der Waals surface area contributed by atoms with Crippen LogP contribution >= 0.6 is 0 Å². The highest BCUT2D eigenvalue weighted by Crippen LogP contribution is 2.13. The highest BCUT2D eigenvalue weighted by atomic mass is 16.5. The van der Waals surface area contributed by atoms with Crippen LogP contribution < -0.4 is 10.2 Å². The van der Waals surface area contributed by atoms with Gasteiger partial charge in [0.25, 0.3) is 0 Å². The molecule has 3 rings (SSSR count). The Balaban J connectivity index is 1.88. The van der Waals surface area contributed by atoms with Gasteiger partial charge in [-0.05, 0) is 16.7 Å². The molecule has 2 aromatic carbocycles. The van der Waals surface area contributed by atoms with E-state index in [4.69, 9.17) is 10.3 Å². The fraction of sp³-hybridized carbons (Fsp3) is 0.150. The van der Waals surface area contributed by atoms with Gasteiger partial charge in [-0.25, -0.2) is 0 Å². The fourth-order valence-corrected chi connectivity index (χ4v) is 2.60. The Labute approximate surface area is 150 Å². The van der Waals surface area contributed by atoms with Crippen molar-refractivity contribution in [1.82, 2.24) is 4.57 Å². The number of ether oxygens (including phenoxy) is 1. The van der Waals surface area contributed by atoms with Crippen molar-refractivity contribution >= 4 is 0 Å². The van der Waals surface area contributed by atoms with Crippen LogP contribution in [0.15, 0.2) is 82.8 Å². The molecule has 0 atom stereocenters. The summed E-state index contributed by atoms with van der Waals surface area (Å²) in [5.41, 5.74) is 11.1. The summed E-state index contributed by atoms with van der Waals surface area (Å²) in [6.45, 7) is 0.980. The molecule has 3 aromatic rings. The van der Waals surface area contributed by atoms with E-state index in [0.29, 0.717) is 18.8 Å². The Morgan fingerprint density at radius 3 is 2.31 bits per heavy atom. The minimum Gasteiger partial charge on any atom is -0.483 e. The molecule has 0 N–H and O–H groups in total. The van der Waals surface area contributed by atoms with Crippen molar-refractivity contribution in [3.05, 3.63) is 110 Å². The Hall–Kier alpha value is -3.50. The van der Waals surface area contributed by atoms with Crippen LogP contribution in [0.25, 0.3) is 10.4 Å². The first-order valence-corrected chi connectivity index (χ1v) is 8.21. The zero-order chi connectivity index (χ0) is 18.2. The first-order valence-electron chi connectivity index (χ1n) is 8.21. The molecular weight excluding hydrogens is 328 g/mol. The third-order valence-corrected chi connectivity index (χ3v) is 3.91. The number of rotatable bonds is 7. The Bertz CT molecular complexity index is 962. The van der Waals surface area contributed by atoms with Crippen LogP contribution in [0.4, 0.5) is 0 Å². The van der Waals surface area contributed by atoms with Crippen LogP contribution in [0, 0.1) is 0 Å². The quantitative estimate of drug-likeness (QED) is 0.363. The summed E-state index contributed by atoms with van der Waals surface area (Å²) in [6, 6.07) is 21.0. The Kier molecular flexibility index (Phi) is 5.70. The van der Waals surface area contributed by atoms with E-state index in [1.807, 2.05) is 65.2 Å². The average molecular weight is 346 g/mol. The second-order valence-electron chi connectivity index (χ2n) is 5.77. The summed E-state index contributed by atoms with van der Waals surface area (Å²) in [6.07, 6.45) is 1.68. The summed E-state index contributed by atoms with van der Waals surface area (Å²) in [4.78, 5) is 15.1. The maximum atomic E-state index is 12.4. The minimum atomic E-state index is -0.228.